The third kappa shape index (κ3) is 4.84. The largest absolute Gasteiger partial charge is 0.448 e. The number of anilines is 1. The lowest BCUT2D eigenvalue weighted by Gasteiger charge is -2.27. The number of hydrogen-bond donors (Lipinski definition) is 2. The van der Waals surface area contributed by atoms with Crippen molar-refractivity contribution in [1.29, 1.82) is 0 Å². The van der Waals surface area contributed by atoms with Crippen LogP contribution in [0.4, 0.5) is 5.69 Å². The number of carbonyl (C=O) groups excluding carboxylic acids is 2. The van der Waals surface area contributed by atoms with Crippen molar-refractivity contribution in [3.8, 4) is 0 Å². The zero-order chi connectivity index (χ0) is 21.0. The Bertz CT molecular complexity index is 981. The average molecular weight is 421 g/mol. The van der Waals surface area contributed by atoms with E-state index in [4.69, 9.17) is 9.47 Å². The highest BCUT2D eigenvalue weighted by Gasteiger charge is 2.28. The molecule has 1 aliphatic heterocycles. The van der Waals surface area contributed by atoms with Gasteiger partial charge in [-0.1, -0.05) is 6.07 Å². The fourth-order valence-electron chi connectivity index (χ4n) is 2.86. The van der Waals surface area contributed by atoms with Crippen molar-refractivity contribution in [3.63, 3.8) is 0 Å². The van der Waals surface area contributed by atoms with Crippen molar-refractivity contribution in [3.05, 3.63) is 47.8 Å². The van der Waals surface area contributed by atoms with Gasteiger partial charge in [0.2, 0.25) is 10.0 Å². The molecule has 0 radical (unpaired) electrons. The van der Waals surface area contributed by atoms with Crippen molar-refractivity contribution < 1.29 is 27.5 Å². The molecular formula is C19H23N3O6S. The van der Waals surface area contributed by atoms with Crippen LogP contribution in [0.2, 0.25) is 0 Å². The van der Waals surface area contributed by atoms with Crippen molar-refractivity contribution >= 4 is 27.6 Å². The second kappa shape index (κ2) is 8.76. The summed E-state index contributed by atoms with van der Waals surface area (Å²) in [6.07, 6.45) is 0.510. The zero-order valence-corrected chi connectivity index (χ0v) is 17.0. The number of rotatable bonds is 6. The summed E-state index contributed by atoms with van der Waals surface area (Å²) >= 11 is 0. The number of esters is 1. The molecule has 0 saturated carbocycles. The van der Waals surface area contributed by atoms with Crippen LogP contribution < -0.4 is 5.32 Å². The molecule has 0 spiro atoms. The van der Waals surface area contributed by atoms with Gasteiger partial charge in [-0.2, -0.15) is 4.31 Å². The summed E-state index contributed by atoms with van der Waals surface area (Å²) in [4.78, 5) is 27.2. The number of nitrogens with zero attached hydrogens (tertiary/aromatic N) is 1. The number of sulfonamides is 1. The lowest BCUT2D eigenvalue weighted by atomic mass is 10.2. The normalized spacial score (nSPS) is 16.2. The van der Waals surface area contributed by atoms with Crippen LogP contribution in [0.1, 0.15) is 23.0 Å². The van der Waals surface area contributed by atoms with E-state index in [-0.39, 0.29) is 23.7 Å². The van der Waals surface area contributed by atoms with Gasteiger partial charge in [0.05, 0.1) is 18.1 Å². The summed E-state index contributed by atoms with van der Waals surface area (Å²) in [7, 11) is -3.71. The predicted molar refractivity (Wildman–Crippen MR) is 105 cm³/mol. The lowest BCUT2D eigenvalue weighted by Crippen LogP contribution is -2.40. The smallest absolute Gasteiger partial charge is 0.355 e. The number of aromatic amines is 1. The molecule has 0 aliphatic carbocycles. The summed E-state index contributed by atoms with van der Waals surface area (Å²) < 4.78 is 37.6. The molecule has 1 aromatic heterocycles. The molecule has 0 bridgehead atoms. The summed E-state index contributed by atoms with van der Waals surface area (Å²) in [6, 6.07) is 7.82. The molecule has 1 aromatic carbocycles. The van der Waals surface area contributed by atoms with Gasteiger partial charge < -0.3 is 19.8 Å². The van der Waals surface area contributed by atoms with Crippen LogP contribution in [0, 0.1) is 6.92 Å². The van der Waals surface area contributed by atoms with E-state index in [2.05, 4.69) is 10.3 Å². The van der Waals surface area contributed by atoms with Gasteiger partial charge in [-0.3, -0.25) is 4.79 Å². The maximum absolute atomic E-state index is 12.9. The van der Waals surface area contributed by atoms with Crippen LogP contribution in [0.3, 0.4) is 0 Å². The minimum absolute atomic E-state index is 0.119. The number of amides is 1. The van der Waals surface area contributed by atoms with Crippen LogP contribution in [-0.2, 0) is 24.3 Å². The van der Waals surface area contributed by atoms with Gasteiger partial charge >= 0.3 is 5.97 Å². The summed E-state index contributed by atoms with van der Waals surface area (Å²) in [5.41, 5.74) is 1.11. The number of aryl methyl sites for hydroxylation is 1. The van der Waals surface area contributed by atoms with E-state index in [0.29, 0.717) is 24.5 Å². The van der Waals surface area contributed by atoms with Crippen LogP contribution in [0.15, 0.2) is 41.4 Å². The molecule has 2 aromatic rings. The second-order valence-corrected chi connectivity index (χ2v) is 8.52. The maximum atomic E-state index is 12.9. The Morgan fingerprint density at radius 1 is 1.24 bits per heavy atom. The number of H-pyrrole nitrogens is 1. The van der Waals surface area contributed by atoms with E-state index in [1.54, 1.807) is 31.3 Å². The summed E-state index contributed by atoms with van der Waals surface area (Å²) in [5, 5.41) is 2.60. The van der Waals surface area contributed by atoms with Gasteiger partial charge in [0.15, 0.2) is 6.10 Å². The van der Waals surface area contributed by atoms with Crippen LogP contribution in [0.25, 0.3) is 0 Å². The van der Waals surface area contributed by atoms with Gasteiger partial charge in [-0.15, -0.1) is 0 Å². The van der Waals surface area contributed by atoms with E-state index < -0.39 is 28.0 Å². The highest BCUT2D eigenvalue weighted by Crippen LogP contribution is 2.24. The zero-order valence-electron chi connectivity index (χ0n) is 16.2. The minimum Gasteiger partial charge on any atom is -0.448 e. The molecule has 156 valence electrons. The molecule has 2 N–H and O–H groups in total. The minimum atomic E-state index is -3.71. The second-order valence-electron chi connectivity index (χ2n) is 6.62. The third-order valence-corrected chi connectivity index (χ3v) is 6.56. The average Bonchev–Trinajstić information content (AvgIpc) is 3.25. The van der Waals surface area contributed by atoms with E-state index >= 15 is 0 Å². The van der Waals surface area contributed by atoms with Gasteiger partial charge in [0, 0.05) is 25.0 Å². The SMILES string of the molecule is Cc1ccc(NC(=O)[C@H](C)OC(=O)c2ccc[nH]2)cc1S(=O)(=O)N1CCOCC1. The molecular weight excluding hydrogens is 398 g/mol. The van der Waals surface area contributed by atoms with Gasteiger partial charge in [-0.25, -0.2) is 13.2 Å². The molecule has 10 heteroatoms. The van der Waals surface area contributed by atoms with Gasteiger partial charge in [-0.05, 0) is 43.7 Å². The number of ether oxygens (including phenoxy) is 2. The number of nitrogens with one attached hydrogen (secondary N) is 2. The highest BCUT2D eigenvalue weighted by molar-refractivity contribution is 7.89. The highest BCUT2D eigenvalue weighted by atomic mass is 32.2. The first-order valence-electron chi connectivity index (χ1n) is 9.13. The maximum Gasteiger partial charge on any atom is 0.355 e. The first-order valence-corrected chi connectivity index (χ1v) is 10.6. The first kappa shape index (κ1) is 21.0. The monoisotopic (exact) mass is 421 g/mol. The lowest BCUT2D eigenvalue weighted by molar-refractivity contribution is -0.123. The van der Waals surface area contributed by atoms with Crippen LogP contribution in [0.5, 0.6) is 0 Å². The Kier molecular flexibility index (Phi) is 6.36. The fraction of sp³-hybridized carbons (Fsp3) is 0.368. The van der Waals surface area contributed by atoms with Gasteiger partial charge in [0.25, 0.3) is 5.91 Å². The Balaban J connectivity index is 1.72. The molecule has 2 heterocycles. The molecule has 1 atom stereocenters. The molecule has 29 heavy (non-hydrogen) atoms. The topological polar surface area (TPSA) is 118 Å². The number of benzene rings is 1. The Morgan fingerprint density at radius 3 is 2.62 bits per heavy atom. The number of morpholine rings is 1. The number of hydrogen-bond acceptors (Lipinski definition) is 6. The van der Waals surface area contributed by atoms with Crippen LogP contribution in [-0.4, -0.2) is 62.0 Å². The van der Waals surface area contributed by atoms with Crippen molar-refractivity contribution in [2.45, 2.75) is 24.8 Å². The summed E-state index contributed by atoms with van der Waals surface area (Å²) in [5.74, 6) is -1.22. The Hall–Kier alpha value is -2.69. The first-order chi connectivity index (χ1) is 13.8. The van der Waals surface area contributed by atoms with E-state index in [9.17, 15) is 18.0 Å². The molecule has 1 amide bonds. The molecule has 0 unspecified atom stereocenters. The quantitative estimate of drug-likeness (QED) is 0.683. The predicted octanol–water partition coefficient (Wildman–Crippen LogP) is 1.53. The van der Waals surface area contributed by atoms with Crippen molar-refractivity contribution in [2.75, 3.05) is 31.6 Å². The number of carbonyl (C=O) groups is 2. The van der Waals surface area contributed by atoms with Crippen LogP contribution >= 0.6 is 0 Å². The Labute approximate surface area is 169 Å². The fourth-order valence-corrected chi connectivity index (χ4v) is 4.52. The van der Waals surface area contributed by atoms with Crippen molar-refractivity contribution in [2.24, 2.45) is 0 Å². The molecule has 1 aliphatic rings. The molecule has 9 nitrogen and oxygen atoms in total. The van der Waals surface area contributed by atoms with E-state index in [0.717, 1.165) is 0 Å². The Morgan fingerprint density at radius 2 is 1.97 bits per heavy atom. The van der Waals surface area contributed by atoms with Gasteiger partial charge in [0.1, 0.15) is 5.69 Å². The third-order valence-electron chi connectivity index (χ3n) is 4.51. The molecule has 1 saturated heterocycles. The van der Waals surface area contributed by atoms with Crippen molar-refractivity contribution in [1.82, 2.24) is 9.29 Å². The summed E-state index contributed by atoms with van der Waals surface area (Å²) in [6.45, 7) is 4.39. The molecule has 1 fully saturated rings. The standard InChI is InChI=1S/C19H23N3O6S/c1-13-5-6-15(12-17(13)29(25,26)22-8-10-27-11-9-22)21-18(23)14(2)28-19(24)16-4-3-7-20-16/h3-7,12,14,20H,8-11H2,1-2H3,(H,21,23)/t14-/m0/s1. The molecule has 3 rings (SSSR count). The van der Waals surface area contributed by atoms with E-state index in [1.165, 1.54) is 23.4 Å². The van der Waals surface area contributed by atoms with E-state index in [1.807, 2.05) is 0 Å². The number of aromatic nitrogens is 1.